The average Bonchev–Trinajstić information content (AvgIpc) is 3.48. The van der Waals surface area contributed by atoms with Crippen LogP contribution in [0.3, 0.4) is 0 Å². The van der Waals surface area contributed by atoms with E-state index in [4.69, 9.17) is 0 Å². The molecule has 8 heteroatoms. The van der Waals surface area contributed by atoms with E-state index in [1.165, 1.54) is 17.7 Å². The number of amides is 2. The maximum Gasteiger partial charge on any atom is 0.256 e. The van der Waals surface area contributed by atoms with Crippen molar-refractivity contribution in [1.82, 2.24) is 24.7 Å². The van der Waals surface area contributed by atoms with Crippen LogP contribution < -0.4 is 5.32 Å². The highest BCUT2D eigenvalue weighted by atomic mass is 19.1. The first-order chi connectivity index (χ1) is 18.2. The van der Waals surface area contributed by atoms with Crippen molar-refractivity contribution in [2.75, 3.05) is 33.2 Å². The van der Waals surface area contributed by atoms with Gasteiger partial charge in [0.25, 0.3) is 5.91 Å². The van der Waals surface area contributed by atoms with Crippen LogP contribution in [0, 0.1) is 24.6 Å². The minimum atomic E-state index is -0.429. The topological polar surface area (TPSA) is 70.5 Å². The number of piperidine rings is 1. The van der Waals surface area contributed by atoms with E-state index in [1.807, 2.05) is 30.8 Å². The lowest BCUT2D eigenvalue weighted by atomic mass is 9.96. The van der Waals surface area contributed by atoms with Crippen LogP contribution in [-0.4, -0.2) is 70.4 Å². The Morgan fingerprint density at radius 1 is 1.24 bits per heavy atom. The molecule has 4 heterocycles. The van der Waals surface area contributed by atoms with Crippen LogP contribution in [0.15, 0.2) is 36.8 Å². The lowest BCUT2D eigenvalue weighted by Crippen LogP contribution is -2.38. The van der Waals surface area contributed by atoms with Crippen molar-refractivity contribution in [2.45, 2.75) is 52.5 Å². The molecule has 38 heavy (non-hydrogen) atoms. The van der Waals surface area contributed by atoms with E-state index in [1.54, 1.807) is 18.0 Å². The predicted molar refractivity (Wildman–Crippen MR) is 147 cm³/mol. The lowest BCUT2D eigenvalue weighted by Gasteiger charge is -2.26. The van der Waals surface area contributed by atoms with Crippen molar-refractivity contribution in [3.05, 3.63) is 59.3 Å². The summed E-state index contributed by atoms with van der Waals surface area (Å²) in [5, 5.41) is 4.09. The van der Waals surface area contributed by atoms with Gasteiger partial charge in [-0.3, -0.25) is 14.6 Å². The average molecular weight is 520 g/mol. The highest BCUT2D eigenvalue weighted by Crippen LogP contribution is 2.33. The van der Waals surface area contributed by atoms with E-state index in [-0.39, 0.29) is 17.9 Å². The van der Waals surface area contributed by atoms with Gasteiger partial charge in [-0.25, -0.2) is 4.39 Å². The number of carbonyl (C=O) groups excluding carboxylic acids is 2. The Hall–Kier alpha value is -3.26. The van der Waals surface area contributed by atoms with Crippen LogP contribution in [0.1, 0.15) is 54.6 Å². The molecule has 2 fully saturated rings. The van der Waals surface area contributed by atoms with Crippen LogP contribution in [-0.2, 0) is 11.2 Å². The number of halogens is 1. The highest BCUT2D eigenvalue weighted by Gasteiger charge is 2.29. The van der Waals surface area contributed by atoms with Gasteiger partial charge in [0, 0.05) is 56.9 Å². The first kappa shape index (κ1) is 26.4. The Labute approximate surface area is 224 Å². The molecule has 1 unspecified atom stereocenters. The standard InChI is InChI=1S/C30H38FN5O2/c1-19(2)34(4)30(38)25-13-24(31)5-6-26(25)36-18-23(29-20(3)14-32-15-27(29)36)11-22-8-10-35(17-22)16-21-7-9-33-28(37)12-21/h5-6,13-15,18-19,21-22H,7-12,16-17H2,1-4H3,(H,33,37)/t21?,22-/m0/s1. The number of likely N-dealkylation sites (tertiary alicyclic amines) is 1. The summed E-state index contributed by atoms with van der Waals surface area (Å²) in [6, 6.07) is 4.44. The molecule has 0 aliphatic carbocycles. The molecule has 7 nitrogen and oxygen atoms in total. The van der Waals surface area contributed by atoms with Gasteiger partial charge in [-0.15, -0.1) is 0 Å². The molecule has 202 valence electrons. The zero-order valence-corrected chi connectivity index (χ0v) is 22.8. The number of fused-ring (bicyclic) bond motifs is 1. The van der Waals surface area contributed by atoms with Crippen molar-refractivity contribution in [3.8, 4) is 5.69 Å². The molecule has 2 amide bonds. The molecule has 0 bridgehead atoms. The van der Waals surface area contributed by atoms with E-state index in [0.717, 1.165) is 61.9 Å². The molecule has 2 aliphatic rings. The van der Waals surface area contributed by atoms with E-state index >= 15 is 0 Å². The minimum Gasteiger partial charge on any atom is -0.356 e. The molecule has 2 aliphatic heterocycles. The van der Waals surface area contributed by atoms with Gasteiger partial charge < -0.3 is 19.7 Å². The fraction of sp³-hybridized carbons (Fsp3) is 0.500. The molecule has 2 aromatic heterocycles. The van der Waals surface area contributed by atoms with Crippen molar-refractivity contribution < 1.29 is 14.0 Å². The smallest absolute Gasteiger partial charge is 0.256 e. The minimum absolute atomic E-state index is 0.00667. The first-order valence-electron chi connectivity index (χ1n) is 13.7. The number of hydrogen-bond donors (Lipinski definition) is 1. The van der Waals surface area contributed by atoms with E-state index < -0.39 is 5.82 Å². The van der Waals surface area contributed by atoms with Gasteiger partial charge in [0.05, 0.1) is 23.0 Å². The van der Waals surface area contributed by atoms with E-state index in [9.17, 15) is 14.0 Å². The molecule has 2 atom stereocenters. The molecular formula is C30H38FN5O2. The third kappa shape index (κ3) is 5.32. The maximum absolute atomic E-state index is 14.3. The van der Waals surface area contributed by atoms with Crippen molar-refractivity contribution in [3.63, 3.8) is 0 Å². The molecule has 1 aromatic carbocycles. The fourth-order valence-corrected chi connectivity index (χ4v) is 6.04. The number of nitrogens with zero attached hydrogens (tertiary/aromatic N) is 4. The predicted octanol–water partition coefficient (Wildman–Crippen LogP) is 4.34. The molecule has 0 spiro atoms. The Morgan fingerprint density at radius 2 is 2.05 bits per heavy atom. The quantitative estimate of drug-likeness (QED) is 0.504. The van der Waals surface area contributed by atoms with Crippen LogP contribution in [0.4, 0.5) is 4.39 Å². The summed E-state index contributed by atoms with van der Waals surface area (Å²) < 4.78 is 16.4. The Bertz CT molecular complexity index is 1350. The third-order valence-corrected chi connectivity index (χ3v) is 8.27. The zero-order chi connectivity index (χ0) is 27.0. The van der Waals surface area contributed by atoms with E-state index in [2.05, 4.69) is 28.3 Å². The first-order valence-corrected chi connectivity index (χ1v) is 13.7. The van der Waals surface area contributed by atoms with Crippen LogP contribution >= 0.6 is 0 Å². The molecule has 2 saturated heterocycles. The molecule has 3 aromatic rings. The normalized spacial score (nSPS) is 20.3. The molecule has 0 radical (unpaired) electrons. The van der Waals surface area contributed by atoms with Crippen molar-refractivity contribution in [2.24, 2.45) is 11.8 Å². The number of benzene rings is 1. The second-order valence-electron chi connectivity index (χ2n) is 11.4. The largest absolute Gasteiger partial charge is 0.356 e. The maximum atomic E-state index is 14.3. The summed E-state index contributed by atoms with van der Waals surface area (Å²) >= 11 is 0. The second-order valence-corrected chi connectivity index (χ2v) is 11.4. The van der Waals surface area contributed by atoms with Crippen molar-refractivity contribution >= 4 is 22.7 Å². The number of carbonyl (C=O) groups is 2. The number of aromatic nitrogens is 2. The number of rotatable bonds is 7. The molecular weight excluding hydrogens is 481 g/mol. The van der Waals surface area contributed by atoms with Crippen LogP contribution in [0.2, 0.25) is 0 Å². The summed E-state index contributed by atoms with van der Waals surface area (Å²) in [7, 11) is 1.75. The molecule has 1 N–H and O–H groups in total. The molecule has 0 saturated carbocycles. The van der Waals surface area contributed by atoms with Gasteiger partial charge in [0.15, 0.2) is 0 Å². The molecule has 5 rings (SSSR count). The van der Waals surface area contributed by atoms with Crippen molar-refractivity contribution in [1.29, 1.82) is 0 Å². The van der Waals surface area contributed by atoms with Gasteiger partial charge in [-0.05, 0) is 87.7 Å². The summed E-state index contributed by atoms with van der Waals surface area (Å²) in [6.45, 7) is 9.81. The summed E-state index contributed by atoms with van der Waals surface area (Å²) in [4.78, 5) is 33.7. The number of aryl methyl sites for hydroxylation is 1. The van der Waals surface area contributed by atoms with Gasteiger partial charge in [-0.1, -0.05) is 0 Å². The Balaban J connectivity index is 1.44. The van der Waals surface area contributed by atoms with Gasteiger partial charge in [0.1, 0.15) is 5.82 Å². The summed E-state index contributed by atoms with van der Waals surface area (Å²) in [5.74, 6) is 0.492. The zero-order valence-electron chi connectivity index (χ0n) is 22.8. The Kier molecular flexibility index (Phi) is 7.52. The number of nitrogens with one attached hydrogen (secondary N) is 1. The highest BCUT2D eigenvalue weighted by molar-refractivity contribution is 5.99. The monoisotopic (exact) mass is 519 g/mol. The third-order valence-electron chi connectivity index (χ3n) is 8.27. The van der Waals surface area contributed by atoms with Crippen LogP contribution in [0.25, 0.3) is 16.6 Å². The SMILES string of the molecule is Cc1cncc2c1c(C[C@@H]1CCN(CC3CCNC(=O)C3)C1)cn2-c1ccc(F)cc1C(=O)N(C)C(C)C. The van der Waals surface area contributed by atoms with Gasteiger partial charge in [0.2, 0.25) is 5.91 Å². The summed E-state index contributed by atoms with van der Waals surface area (Å²) in [6.07, 6.45) is 9.57. The van der Waals surface area contributed by atoms with Gasteiger partial charge in [-0.2, -0.15) is 0 Å². The van der Waals surface area contributed by atoms with Gasteiger partial charge >= 0.3 is 0 Å². The van der Waals surface area contributed by atoms with E-state index in [0.29, 0.717) is 29.5 Å². The lowest BCUT2D eigenvalue weighted by molar-refractivity contribution is -0.123. The fourth-order valence-electron chi connectivity index (χ4n) is 6.04. The second kappa shape index (κ2) is 10.8. The van der Waals surface area contributed by atoms with Crippen LogP contribution in [0.5, 0.6) is 0 Å². The Morgan fingerprint density at radius 3 is 2.82 bits per heavy atom. The number of pyridine rings is 1. The summed E-state index contributed by atoms with van der Waals surface area (Å²) in [5.41, 5.74) is 4.25. The number of hydrogen-bond acceptors (Lipinski definition) is 4.